The standard InChI is InChI=1S/C19H21NO4/c1-12-9-15(11-24-12)18(21)20-17(19(22)23)10-14-7-4-6-13-5-2-3-8-16(13)14/h2-3,5,8-9,11,14,17H,4,6-7,10H2,1H3,(H,20,21)(H,22,23). The number of hydrogen-bond acceptors (Lipinski definition) is 3. The normalized spacial score (nSPS) is 17.8. The Morgan fingerprint density at radius 3 is 2.88 bits per heavy atom. The first-order valence-electron chi connectivity index (χ1n) is 8.21. The monoisotopic (exact) mass is 327 g/mol. The van der Waals surface area contributed by atoms with Gasteiger partial charge in [-0.2, -0.15) is 0 Å². The molecule has 2 unspecified atom stereocenters. The molecule has 3 rings (SSSR count). The fourth-order valence-electron chi connectivity index (χ4n) is 3.41. The number of nitrogens with one attached hydrogen (secondary N) is 1. The zero-order valence-corrected chi connectivity index (χ0v) is 13.6. The average Bonchev–Trinajstić information content (AvgIpc) is 3.01. The smallest absolute Gasteiger partial charge is 0.326 e. The molecule has 126 valence electrons. The highest BCUT2D eigenvalue weighted by atomic mass is 16.4. The molecule has 0 aliphatic heterocycles. The van der Waals surface area contributed by atoms with Crippen molar-refractivity contribution in [3.8, 4) is 0 Å². The van der Waals surface area contributed by atoms with Crippen LogP contribution in [0.2, 0.25) is 0 Å². The Hall–Kier alpha value is -2.56. The summed E-state index contributed by atoms with van der Waals surface area (Å²) in [5.74, 6) is -0.648. The van der Waals surface area contributed by atoms with E-state index in [0.717, 1.165) is 19.3 Å². The highest BCUT2D eigenvalue weighted by molar-refractivity contribution is 5.96. The Balaban J connectivity index is 1.73. The number of carbonyl (C=O) groups is 2. The topological polar surface area (TPSA) is 79.5 Å². The molecule has 0 bridgehead atoms. The molecule has 0 saturated heterocycles. The van der Waals surface area contributed by atoms with Gasteiger partial charge < -0.3 is 14.8 Å². The lowest BCUT2D eigenvalue weighted by Crippen LogP contribution is -2.42. The molecule has 0 fully saturated rings. The van der Waals surface area contributed by atoms with Crippen LogP contribution in [0.4, 0.5) is 0 Å². The third-order valence-corrected chi connectivity index (χ3v) is 4.61. The molecule has 5 nitrogen and oxygen atoms in total. The number of rotatable bonds is 5. The largest absolute Gasteiger partial charge is 0.480 e. The van der Waals surface area contributed by atoms with Crippen LogP contribution >= 0.6 is 0 Å². The number of carboxylic acid groups (broad SMARTS) is 1. The molecule has 24 heavy (non-hydrogen) atoms. The van der Waals surface area contributed by atoms with Crippen LogP contribution in [0.15, 0.2) is 41.0 Å². The van der Waals surface area contributed by atoms with Crippen LogP contribution in [-0.4, -0.2) is 23.0 Å². The number of aryl methyl sites for hydroxylation is 2. The number of aliphatic carboxylic acids is 1. The zero-order chi connectivity index (χ0) is 17.1. The van der Waals surface area contributed by atoms with E-state index in [1.165, 1.54) is 17.4 Å². The van der Waals surface area contributed by atoms with Gasteiger partial charge in [0, 0.05) is 0 Å². The van der Waals surface area contributed by atoms with Gasteiger partial charge in [-0.3, -0.25) is 4.79 Å². The predicted molar refractivity (Wildman–Crippen MR) is 89.1 cm³/mol. The summed E-state index contributed by atoms with van der Waals surface area (Å²) < 4.78 is 5.12. The summed E-state index contributed by atoms with van der Waals surface area (Å²) in [5, 5.41) is 12.1. The lowest BCUT2D eigenvalue weighted by Gasteiger charge is -2.28. The van der Waals surface area contributed by atoms with Gasteiger partial charge in [0.2, 0.25) is 0 Å². The van der Waals surface area contributed by atoms with E-state index in [9.17, 15) is 14.7 Å². The number of carboxylic acids is 1. The summed E-state index contributed by atoms with van der Waals surface area (Å²) in [6.45, 7) is 1.74. The summed E-state index contributed by atoms with van der Waals surface area (Å²) in [6.07, 6.45) is 4.77. The number of furan rings is 1. The van der Waals surface area contributed by atoms with Crippen LogP contribution in [0.5, 0.6) is 0 Å². The first kappa shape index (κ1) is 16.3. The van der Waals surface area contributed by atoms with Gasteiger partial charge in [0.25, 0.3) is 5.91 Å². The molecule has 0 radical (unpaired) electrons. The number of carbonyl (C=O) groups excluding carboxylic acids is 1. The maximum Gasteiger partial charge on any atom is 0.326 e. The first-order chi connectivity index (χ1) is 11.5. The number of fused-ring (bicyclic) bond motifs is 1. The van der Waals surface area contributed by atoms with E-state index in [1.807, 2.05) is 12.1 Å². The van der Waals surface area contributed by atoms with E-state index < -0.39 is 17.9 Å². The van der Waals surface area contributed by atoms with Crippen LogP contribution in [0, 0.1) is 6.92 Å². The van der Waals surface area contributed by atoms with E-state index in [0.29, 0.717) is 17.7 Å². The highest BCUT2D eigenvalue weighted by Crippen LogP contribution is 2.34. The summed E-state index contributed by atoms with van der Waals surface area (Å²) in [5.41, 5.74) is 2.85. The van der Waals surface area contributed by atoms with Crippen molar-refractivity contribution < 1.29 is 19.1 Å². The van der Waals surface area contributed by atoms with Crippen LogP contribution in [0.3, 0.4) is 0 Å². The van der Waals surface area contributed by atoms with E-state index in [1.54, 1.807) is 13.0 Å². The average molecular weight is 327 g/mol. The third kappa shape index (κ3) is 3.50. The highest BCUT2D eigenvalue weighted by Gasteiger charge is 2.28. The molecule has 1 aromatic heterocycles. The van der Waals surface area contributed by atoms with Crippen molar-refractivity contribution in [2.24, 2.45) is 0 Å². The fraction of sp³-hybridized carbons (Fsp3) is 0.368. The van der Waals surface area contributed by atoms with Crippen molar-refractivity contribution in [2.45, 2.75) is 44.6 Å². The number of hydrogen-bond donors (Lipinski definition) is 2. The molecule has 2 atom stereocenters. The molecule has 5 heteroatoms. The summed E-state index contributed by atoms with van der Waals surface area (Å²) in [4.78, 5) is 23.8. The van der Waals surface area contributed by atoms with Gasteiger partial charge in [0.05, 0.1) is 5.56 Å². The minimum atomic E-state index is -1.01. The van der Waals surface area contributed by atoms with Crippen molar-refractivity contribution in [2.75, 3.05) is 0 Å². The molecule has 1 aromatic carbocycles. The summed E-state index contributed by atoms with van der Waals surface area (Å²) in [6, 6.07) is 8.86. The lowest BCUT2D eigenvalue weighted by molar-refractivity contribution is -0.139. The summed E-state index contributed by atoms with van der Waals surface area (Å²) >= 11 is 0. The second-order valence-corrected chi connectivity index (χ2v) is 6.33. The van der Waals surface area contributed by atoms with E-state index in [-0.39, 0.29) is 5.92 Å². The third-order valence-electron chi connectivity index (χ3n) is 4.61. The quantitative estimate of drug-likeness (QED) is 0.883. The van der Waals surface area contributed by atoms with Crippen LogP contribution < -0.4 is 5.32 Å². The molecule has 1 aliphatic carbocycles. The van der Waals surface area contributed by atoms with Gasteiger partial charge in [-0.15, -0.1) is 0 Å². The SMILES string of the molecule is Cc1cc(C(=O)NC(CC2CCCc3ccccc32)C(=O)O)co1. The Labute approximate surface area is 140 Å². The van der Waals surface area contributed by atoms with E-state index in [4.69, 9.17) is 4.42 Å². The molecule has 0 spiro atoms. The first-order valence-corrected chi connectivity index (χ1v) is 8.21. The second-order valence-electron chi connectivity index (χ2n) is 6.33. The fourth-order valence-corrected chi connectivity index (χ4v) is 3.41. The minimum Gasteiger partial charge on any atom is -0.480 e. The van der Waals surface area contributed by atoms with Gasteiger partial charge in [-0.05, 0) is 55.7 Å². The zero-order valence-electron chi connectivity index (χ0n) is 13.6. The van der Waals surface area contributed by atoms with Gasteiger partial charge >= 0.3 is 5.97 Å². The van der Waals surface area contributed by atoms with Crippen LogP contribution in [0.25, 0.3) is 0 Å². The van der Waals surface area contributed by atoms with Crippen molar-refractivity contribution in [3.05, 3.63) is 59.0 Å². The molecule has 1 amide bonds. The Bertz CT molecular complexity index is 749. The van der Waals surface area contributed by atoms with Gasteiger partial charge in [-0.25, -0.2) is 4.79 Å². The molecule has 2 N–H and O–H groups in total. The van der Waals surface area contributed by atoms with E-state index >= 15 is 0 Å². The molecular formula is C19H21NO4. The van der Waals surface area contributed by atoms with Crippen molar-refractivity contribution in [1.29, 1.82) is 0 Å². The molecule has 0 saturated carbocycles. The van der Waals surface area contributed by atoms with Crippen LogP contribution in [0.1, 0.15) is 52.4 Å². The lowest BCUT2D eigenvalue weighted by atomic mass is 9.79. The molecular weight excluding hydrogens is 306 g/mol. The summed E-state index contributed by atoms with van der Waals surface area (Å²) in [7, 11) is 0. The van der Waals surface area contributed by atoms with Crippen LogP contribution in [-0.2, 0) is 11.2 Å². The second kappa shape index (κ2) is 6.91. The Kier molecular flexibility index (Phi) is 4.69. The maximum absolute atomic E-state index is 12.2. The predicted octanol–water partition coefficient (Wildman–Crippen LogP) is 3.28. The van der Waals surface area contributed by atoms with E-state index in [2.05, 4.69) is 17.4 Å². The Morgan fingerprint density at radius 1 is 1.38 bits per heavy atom. The molecule has 2 aromatic rings. The minimum absolute atomic E-state index is 0.155. The van der Waals surface area contributed by atoms with Crippen molar-refractivity contribution in [1.82, 2.24) is 5.32 Å². The van der Waals surface area contributed by atoms with Gasteiger partial charge in [0.15, 0.2) is 0 Å². The van der Waals surface area contributed by atoms with Gasteiger partial charge in [0.1, 0.15) is 18.1 Å². The number of amides is 1. The molecule has 1 heterocycles. The molecule has 1 aliphatic rings. The Morgan fingerprint density at radius 2 is 2.17 bits per heavy atom. The maximum atomic E-state index is 12.2. The van der Waals surface area contributed by atoms with Crippen molar-refractivity contribution in [3.63, 3.8) is 0 Å². The van der Waals surface area contributed by atoms with Crippen molar-refractivity contribution >= 4 is 11.9 Å². The number of benzene rings is 1. The van der Waals surface area contributed by atoms with Gasteiger partial charge in [-0.1, -0.05) is 24.3 Å².